The molecule has 0 fully saturated rings. The van der Waals surface area contributed by atoms with Crippen LogP contribution in [0.25, 0.3) is 0 Å². The fourth-order valence-corrected chi connectivity index (χ4v) is 2.16. The monoisotopic (exact) mass is 273 g/mol. The summed E-state index contributed by atoms with van der Waals surface area (Å²) in [6, 6.07) is 9.91. The zero-order chi connectivity index (χ0) is 14.2. The van der Waals surface area contributed by atoms with E-state index in [0.29, 0.717) is 6.61 Å². The molecule has 2 aromatic rings. The van der Waals surface area contributed by atoms with E-state index < -0.39 is 0 Å². The average molecular weight is 273 g/mol. The average Bonchev–Trinajstić information content (AvgIpc) is 2.88. The van der Waals surface area contributed by atoms with E-state index in [0.717, 1.165) is 37.4 Å². The van der Waals surface area contributed by atoms with Crippen LogP contribution in [0.3, 0.4) is 0 Å². The van der Waals surface area contributed by atoms with Gasteiger partial charge in [0.1, 0.15) is 11.6 Å². The van der Waals surface area contributed by atoms with Gasteiger partial charge in [-0.15, -0.1) is 0 Å². The molecule has 0 aliphatic heterocycles. The van der Waals surface area contributed by atoms with Gasteiger partial charge in [0.25, 0.3) is 0 Å². The molecule has 0 radical (unpaired) electrons. The lowest BCUT2D eigenvalue weighted by molar-refractivity contribution is 0.296. The number of nitrogens with zero attached hydrogens (tertiary/aromatic N) is 2. The molecule has 2 N–H and O–H groups in total. The predicted molar refractivity (Wildman–Crippen MR) is 80.8 cm³/mol. The highest BCUT2D eigenvalue weighted by Gasteiger charge is 2.09. The van der Waals surface area contributed by atoms with Crippen LogP contribution in [0.15, 0.2) is 42.7 Å². The van der Waals surface area contributed by atoms with Crippen molar-refractivity contribution in [2.24, 2.45) is 5.73 Å². The van der Waals surface area contributed by atoms with Gasteiger partial charge in [0.05, 0.1) is 6.61 Å². The quantitative estimate of drug-likeness (QED) is 0.804. The number of imidazole rings is 1. The highest BCUT2D eigenvalue weighted by Crippen LogP contribution is 2.10. The van der Waals surface area contributed by atoms with Crippen molar-refractivity contribution < 1.29 is 4.74 Å². The van der Waals surface area contributed by atoms with E-state index in [-0.39, 0.29) is 6.04 Å². The Morgan fingerprint density at radius 2 is 2.10 bits per heavy atom. The summed E-state index contributed by atoms with van der Waals surface area (Å²) in [7, 11) is 0. The van der Waals surface area contributed by atoms with E-state index in [1.807, 2.05) is 42.7 Å². The summed E-state index contributed by atoms with van der Waals surface area (Å²) in [6.45, 7) is 3.81. The predicted octanol–water partition coefficient (Wildman–Crippen LogP) is 2.63. The molecule has 108 valence electrons. The van der Waals surface area contributed by atoms with Gasteiger partial charge in [-0.25, -0.2) is 4.98 Å². The van der Waals surface area contributed by atoms with Crippen LogP contribution in [0, 0.1) is 0 Å². The van der Waals surface area contributed by atoms with Gasteiger partial charge in [-0.2, -0.15) is 0 Å². The van der Waals surface area contributed by atoms with Crippen molar-refractivity contribution in [3.05, 3.63) is 48.5 Å². The summed E-state index contributed by atoms with van der Waals surface area (Å²) in [4.78, 5) is 4.38. The van der Waals surface area contributed by atoms with Gasteiger partial charge in [0.2, 0.25) is 0 Å². The highest BCUT2D eigenvalue weighted by molar-refractivity contribution is 5.20. The smallest absolute Gasteiger partial charge is 0.119 e. The van der Waals surface area contributed by atoms with Crippen molar-refractivity contribution in [1.82, 2.24) is 9.55 Å². The fraction of sp³-hybridized carbons (Fsp3) is 0.438. The van der Waals surface area contributed by atoms with Crippen molar-refractivity contribution in [3.8, 4) is 5.75 Å². The second kappa shape index (κ2) is 7.70. The van der Waals surface area contributed by atoms with Crippen LogP contribution in [-0.4, -0.2) is 22.2 Å². The number of nitrogens with two attached hydrogens (primary N) is 1. The van der Waals surface area contributed by atoms with E-state index in [9.17, 15) is 0 Å². The standard InChI is InChI=1S/C16H23N3O/c1-2-10-19-11-9-18-16(19)13-14(17)8-12-20-15-6-4-3-5-7-15/h3-7,9,11,14H,2,8,10,12-13,17H2,1H3. The third-order valence-electron chi connectivity index (χ3n) is 3.21. The van der Waals surface area contributed by atoms with E-state index in [1.54, 1.807) is 0 Å². The second-order valence-electron chi connectivity index (χ2n) is 4.95. The van der Waals surface area contributed by atoms with Crippen molar-refractivity contribution in [3.63, 3.8) is 0 Å². The van der Waals surface area contributed by atoms with Crippen LogP contribution >= 0.6 is 0 Å². The number of hydrogen-bond acceptors (Lipinski definition) is 3. The van der Waals surface area contributed by atoms with Crippen LogP contribution in [0.1, 0.15) is 25.6 Å². The minimum absolute atomic E-state index is 0.0803. The topological polar surface area (TPSA) is 53.1 Å². The Balaban J connectivity index is 1.75. The molecule has 1 unspecified atom stereocenters. The van der Waals surface area contributed by atoms with Gasteiger partial charge in [-0.05, 0) is 25.0 Å². The normalized spacial score (nSPS) is 12.3. The highest BCUT2D eigenvalue weighted by atomic mass is 16.5. The minimum atomic E-state index is 0.0803. The molecule has 0 saturated carbocycles. The summed E-state index contributed by atoms with van der Waals surface area (Å²) < 4.78 is 7.84. The molecule has 1 heterocycles. The molecule has 4 nitrogen and oxygen atoms in total. The molecule has 0 bridgehead atoms. The first kappa shape index (κ1) is 14.6. The molecular formula is C16H23N3O. The number of hydrogen-bond donors (Lipinski definition) is 1. The zero-order valence-corrected chi connectivity index (χ0v) is 12.0. The molecular weight excluding hydrogens is 250 g/mol. The van der Waals surface area contributed by atoms with Gasteiger partial charge in [0.15, 0.2) is 0 Å². The van der Waals surface area contributed by atoms with Crippen molar-refractivity contribution in [2.45, 2.75) is 38.8 Å². The Kier molecular flexibility index (Phi) is 5.62. The van der Waals surface area contributed by atoms with Crippen molar-refractivity contribution >= 4 is 0 Å². The van der Waals surface area contributed by atoms with Crippen molar-refractivity contribution in [2.75, 3.05) is 6.61 Å². The molecule has 1 aromatic carbocycles. The van der Waals surface area contributed by atoms with E-state index >= 15 is 0 Å². The number of ether oxygens (including phenoxy) is 1. The summed E-state index contributed by atoms with van der Waals surface area (Å²) in [5.74, 6) is 1.96. The summed E-state index contributed by atoms with van der Waals surface area (Å²) in [6.07, 6.45) is 6.60. The van der Waals surface area contributed by atoms with E-state index in [4.69, 9.17) is 10.5 Å². The van der Waals surface area contributed by atoms with Gasteiger partial charge in [-0.1, -0.05) is 25.1 Å². The van der Waals surface area contributed by atoms with E-state index in [2.05, 4.69) is 16.5 Å². The maximum atomic E-state index is 6.16. The van der Waals surface area contributed by atoms with Crippen LogP contribution in [0.4, 0.5) is 0 Å². The Morgan fingerprint density at radius 1 is 1.30 bits per heavy atom. The molecule has 1 atom stereocenters. The van der Waals surface area contributed by atoms with Gasteiger partial charge in [0, 0.05) is 31.4 Å². The lowest BCUT2D eigenvalue weighted by Gasteiger charge is -2.13. The number of rotatable bonds is 8. The summed E-state index contributed by atoms with van der Waals surface area (Å²) in [5.41, 5.74) is 6.16. The molecule has 2 rings (SSSR count). The number of para-hydroxylation sites is 1. The Labute approximate surface area is 120 Å². The SMILES string of the molecule is CCCn1ccnc1CC(N)CCOc1ccccc1. The summed E-state index contributed by atoms with van der Waals surface area (Å²) >= 11 is 0. The van der Waals surface area contributed by atoms with Crippen LogP contribution in [0.5, 0.6) is 5.75 Å². The third-order valence-corrected chi connectivity index (χ3v) is 3.21. The van der Waals surface area contributed by atoms with Gasteiger partial charge < -0.3 is 15.0 Å². The number of aromatic nitrogens is 2. The van der Waals surface area contributed by atoms with Crippen LogP contribution in [0.2, 0.25) is 0 Å². The first-order chi connectivity index (χ1) is 9.79. The van der Waals surface area contributed by atoms with Crippen LogP contribution < -0.4 is 10.5 Å². The third kappa shape index (κ3) is 4.38. The minimum Gasteiger partial charge on any atom is -0.494 e. The van der Waals surface area contributed by atoms with Crippen molar-refractivity contribution in [1.29, 1.82) is 0 Å². The molecule has 0 amide bonds. The summed E-state index contributed by atoms with van der Waals surface area (Å²) in [5, 5.41) is 0. The Morgan fingerprint density at radius 3 is 2.85 bits per heavy atom. The number of aryl methyl sites for hydroxylation is 1. The molecule has 1 aromatic heterocycles. The first-order valence-corrected chi connectivity index (χ1v) is 7.23. The maximum Gasteiger partial charge on any atom is 0.119 e. The first-order valence-electron chi connectivity index (χ1n) is 7.23. The lowest BCUT2D eigenvalue weighted by atomic mass is 10.1. The number of benzene rings is 1. The molecule has 0 aliphatic rings. The van der Waals surface area contributed by atoms with Gasteiger partial charge >= 0.3 is 0 Å². The zero-order valence-electron chi connectivity index (χ0n) is 12.0. The largest absolute Gasteiger partial charge is 0.494 e. The molecule has 0 spiro atoms. The molecule has 20 heavy (non-hydrogen) atoms. The molecule has 0 saturated heterocycles. The Hall–Kier alpha value is -1.81. The molecule has 0 aliphatic carbocycles. The second-order valence-corrected chi connectivity index (χ2v) is 4.95. The molecule has 4 heteroatoms. The van der Waals surface area contributed by atoms with Crippen LogP contribution in [-0.2, 0) is 13.0 Å². The Bertz CT molecular complexity index is 495. The fourth-order valence-electron chi connectivity index (χ4n) is 2.16. The van der Waals surface area contributed by atoms with Gasteiger partial charge in [-0.3, -0.25) is 0 Å². The van der Waals surface area contributed by atoms with E-state index in [1.165, 1.54) is 0 Å². The lowest BCUT2D eigenvalue weighted by Crippen LogP contribution is -2.27. The maximum absolute atomic E-state index is 6.16.